The largest absolute Gasteiger partial charge is 0.480 e. The maximum absolute atomic E-state index is 11.6. The van der Waals surface area contributed by atoms with E-state index in [1.165, 1.54) is 0 Å². The fraction of sp³-hybridized carbons (Fsp3) is 0.500. The summed E-state index contributed by atoms with van der Waals surface area (Å²) in [6, 6.07) is 9.28. The quantitative estimate of drug-likeness (QED) is 0.912. The normalized spacial score (nSPS) is 26.8. The van der Waals surface area contributed by atoms with Crippen molar-refractivity contribution in [3.05, 3.63) is 35.9 Å². The third-order valence-corrected chi connectivity index (χ3v) is 4.95. The SMILES string of the molecule is CC1SCCN(C(C(=O)O)c2ccccc2)C1C. The molecular weight excluding hydrogens is 246 g/mol. The molecule has 1 N–H and O–H groups in total. The number of nitrogens with zero attached hydrogens (tertiary/aromatic N) is 1. The summed E-state index contributed by atoms with van der Waals surface area (Å²) in [4.78, 5) is 13.7. The molecule has 0 radical (unpaired) electrons. The minimum atomic E-state index is -0.757. The van der Waals surface area contributed by atoms with Gasteiger partial charge in [-0.15, -0.1) is 0 Å². The molecule has 0 aliphatic carbocycles. The van der Waals surface area contributed by atoms with E-state index in [1.54, 1.807) is 0 Å². The first-order valence-electron chi connectivity index (χ1n) is 6.26. The number of hydrogen-bond donors (Lipinski definition) is 1. The van der Waals surface area contributed by atoms with Gasteiger partial charge in [-0.3, -0.25) is 9.69 Å². The van der Waals surface area contributed by atoms with Crippen molar-refractivity contribution >= 4 is 17.7 Å². The van der Waals surface area contributed by atoms with Gasteiger partial charge in [0, 0.05) is 23.6 Å². The molecule has 0 amide bonds. The van der Waals surface area contributed by atoms with Crippen LogP contribution in [0.2, 0.25) is 0 Å². The van der Waals surface area contributed by atoms with E-state index in [1.807, 2.05) is 42.1 Å². The van der Waals surface area contributed by atoms with Crippen LogP contribution in [0.25, 0.3) is 0 Å². The standard InChI is InChI=1S/C14H19NO2S/c1-10-11(2)18-9-8-15(10)13(14(16)17)12-6-4-3-5-7-12/h3-7,10-11,13H,8-9H2,1-2H3,(H,16,17). The Morgan fingerprint density at radius 2 is 2.06 bits per heavy atom. The van der Waals surface area contributed by atoms with Crippen molar-refractivity contribution in [2.45, 2.75) is 31.2 Å². The van der Waals surface area contributed by atoms with Crippen LogP contribution >= 0.6 is 11.8 Å². The molecule has 1 aromatic carbocycles. The summed E-state index contributed by atoms with van der Waals surface area (Å²) in [6.07, 6.45) is 0. The van der Waals surface area contributed by atoms with Gasteiger partial charge in [-0.05, 0) is 12.5 Å². The number of carboxylic acid groups (broad SMARTS) is 1. The van der Waals surface area contributed by atoms with Gasteiger partial charge < -0.3 is 5.11 Å². The lowest BCUT2D eigenvalue weighted by molar-refractivity contribution is -0.144. The molecule has 0 aromatic heterocycles. The highest BCUT2D eigenvalue weighted by Crippen LogP contribution is 2.31. The number of carboxylic acids is 1. The van der Waals surface area contributed by atoms with Crippen molar-refractivity contribution < 1.29 is 9.90 Å². The Labute approximate surface area is 112 Å². The molecule has 1 aromatic rings. The lowest BCUT2D eigenvalue weighted by Crippen LogP contribution is -2.48. The van der Waals surface area contributed by atoms with Gasteiger partial charge in [-0.1, -0.05) is 37.3 Å². The number of carbonyl (C=O) groups is 1. The molecule has 1 aliphatic heterocycles. The van der Waals surface area contributed by atoms with Crippen molar-refractivity contribution in [2.75, 3.05) is 12.3 Å². The highest BCUT2D eigenvalue weighted by Gasteiger charge is 2.35. The molecule has 2 rings (SSSR count). The zero-order chi connectivity index (χ0) is 13.1. The first-order valence-corrected chi connectivity index (χ1v) is 7.31. The summed E-state index contributed by atoms with van der Waals surface area (Å²) < 4.78 is 0. The Kier molecular flexibility index (Phi) is 4.30. The summed E-state index contributed by atoms with van der Waals surface area (Å²) in [5.74, 6) is 0.245. The molecule has 0 spiro atoms. The van der Waals surface area contributed by atoms with Gasteiger partial charge in [0.25, 0.3) is 0 Å². The van der Waals surface area contributed by atoms with Crippen LogP contribution in [0.3, 0.4) is 0 Å². The van der Waals surface area contributed by atoms with Gasteiger partial charge in [0.15, 0.2) is 0 Å². The van der Waals surface area contributed by atoms with Gasteiger partial charge in [-0.25, -0.2) is 0 Å². The molecule has 1 aliphatic rings. The fourth-order valence-electron chi connectivity index (χ4n) is 2.43. The van der Waals surface area contributed by atoms with Crippen LogP contribution in [0.5, 0.6) is 0 Å². The van der Waals surface area contributed by atoms with Crippen LogP contribution in [-0.2, 0) is 4.79 Å². The topological polar surface area (TPSA) is 40.5 Å². The predicted molar refractivity (Wildman–Crippen MR) is 74.9 cm³/mol. The van der Waals surface area contributed by atoms with E-state index in [0.717, 1.165) is 17.9 Å². The lowest BCUT2D eigenvalue weighted by Gasteiger charge is -2.41. The van der Waals surface area contributed by atoms with E-state index in [-0.39, 0.29) is 6.04 Å². The molecule has 0 saturated carbocycles. The zero-order valence-electron chi connectivity index (χ0n) is 10.7. The number of rotatable bonds is 3. The lowest BCUT2D eigenvalue weighted by atomic mass is 10.0. The summed E-state index contributed by atoms with van der Waals surface area (Å²) >= 11 is 1.92. The molecule has 1 fully saturated rings. The van der Waals surface area contributed by atoms with Gasteiger partial charge in [0.2, 0.25) is 0 Å². The molecule has 1 saturated heterocycles. The second-order valence-electron chi connectivity index (χ2n) is 4.71. The number of thioether (sulfide) groups is 1. The fourth-order valence-corrected chi connectivity index (χ4v) is 3.55. The second kappa shape index (κ2) is 5.76. The Bertz CT molecular complexity index is 410. The molecule has 3 unspecified atom stereocenters. The number of benzene rings is 1. The molecular formula is C14H19NO2S. The first-order chi connectivity index (χ1) is 8.61. The Morgan fingerprint density at radius 3 is 2.67 bits per heavy atom. The second-order valence-corrected chi connectivity index (χ2v) is 6.19. The molecule has 98 valence electrons. The third-order valence-electron chi connectivity index (χ3n) is 3.61. The average Bonchev–Trinajstić information content (AvgIpc) is 2.36. The third kappa shape index (κ3) is 2.70. The molecule has 4 heteroatoms. The predicted octanol–water partition coefficient (Wildman–Crippen LogP) is 2.64. The van der Waals surface area contributed by atoms with E-state index >= 15 is 0 Å². The van der Waals surface area contributed by atoms with Crippen molar-refractivity contribution in [3.63, 3.8) is 0 Å². The Balaban J connectivity index is 2.28. The molecule has 3 atom stereocenters. The first kappa shape index (κ1) is 13.4. The summed E-state index contributed by atoms with van der Waals surface area (Å²) in [5.41, 5.74) is 0.871. The van der Waals surface area contributed by atoms with Crippen LogP contribution in [0.1, 0.15) is 25.5 Å². The van der Waals surface area contributed by atoms with E-state index in [2.05, 4.69) is 18.7 Å². The highest BCUT2D eigenvalue weighted by molar-refractivity contribution is 8.00. The molecule has 18 heavy (non-hydrogen) atoms. The average molecular weight is 265 g/mol. The zero-order valence-corrected chi connectivity index (χ0v) is 11.6. The van der Waals surface area contributed by atoms with Crippen LogP contribution in [-0.4, -0.2) is 39.6 Å². The van der Waals surface area contributed by atoms with Crippen molar-refractivity contribution in [1.29, 1.82) is 0 Å². The van der Waals surface area contributed by atoms with Crippen molar-refractivity contribution in [2.24, 2.45) is 0 Å². The maximum Gasteiger partial charge on any atom is 0.325 e. The minimum absolute atomic E-state index is 0.282. The van der Waals surface area contributed by atoms with E-state index < -0.39 is 12.0 Å². The van der Waals surface area contributed by atoms with Gasteiger partial charge in [0.05, 0.1) is 0 Å². The van der Waals surface area contributed by atoms with Crippen LogP contribution in [0.4, 0.5) is 0 Å². The van der Waals surface area contributed by atoms with Crippen LogP contribution < -0.4 is 0 Å². The molecule has 1 heterocycles. The molecule has 0 bridgehead atoms. The number of hydrogen-bond acceptors (Lipinski definition) is 3. The van der Waals surface area contributed by atoms with E-state index in [4.69, 9.17) is 0 Å². The summed E-state index contributed by atoms with van der Waals surface area (Å²) in [5, 5.41) is 10.0. The monoisotopic (exact) mass is 265 g/mol. The van der Waals surface area contributed by atoms with Crippen LogP contribution in [0.15, 0.2) is 30.3 Å². The van der Waals surface area contributed by atoms with Gasteiger partial charge >= 0.3 is 5.97 Å². The summed E-state index contributed by atoms with van der Waals surface area (Å²) in [7, 11) is 0. The van der Waals surface area contributed by atoms with Crippen molar-refractivity contribution in [3.8, 4) is 0 Å². The van der Waals surface area contributed by atoms with Gasteiger partial charge in [0.1, 0.15) is 6.04 Å². The van der Waals surface area contributed by atoms with Gasteiger partial charge in [-0.2, -0.15) is 11.8 Å². The minimum Gasteiger partial charge on any atom is -0.480 e. The Hall–Kier alpha value is -1.00. The van der Waals surface area contributed by atoms with E-state index in [0.29, 0.717) is 5.25 Å². The Morgan fingerprint density at radius 1 is 1.39 bits per heavy atom. The maximum atomic E-state index is 11.6. The molecule has 3 nitrogen and oxygen atoms in total. The van der Waals surface area contributed by atoms with Crippen LogP contribution in [0, 0.1) is 0 Å². The highest BCUT2D eigenvalue weighted by atomic mass is 32.2. The van der Waals surface area contributed by atoms with Crippen molar-refractivity contribution in [1.82, 2.24) is 4.90 Å². The summed E-state index contributed by atoms with van der Waals surface area (Å²) in [6.45, 7) is 5.13. The number of aliphatic carboxylic acids is 1. The smallest absolute Gasteiger partial charge is 0.325 e. The van der Waals surface area contributed by atoms with E-state index in [9.17, 15) is 9.90 Å².